The minimum absolute atomic E-state index is 0.0898. The number of hydrogen-bond acceptors (Lipinski definition) is 4. The van der Waals surface area contributed by atoms with Gasteiger partial charge in [-0.2, -0.15) is 0 Å². The van der Waals surface area contributed by atoms with Gasteiger partial charge in [-0.3, -0.25) is 9.69 Å². The van der Waals surface area contributed by atoms with E-state index in [1.165, 1.54) is 13.2 Å². The maximum Gasteiger partial charge on any atom is 0.255 e. The standard InChI is InChI=1S/C28H34FN3O2/c1-18(2)30-13-21-15-31(16-22(21)14-30)24-9-8-23-7-5-19(3)25(12-28(33)32(23)17-24)20-6-10-27(34-4)26(29)11-20/h6-12,17-19,21-22H,5,13-16H2,1-4H3. The molecule has 0 aromatic heterocycles. The van der Waals surface area contributed by atoms with Crippen LogP contribution in [0.2, 0.25) is 0 Å². The smallest absolute Gasteiger partial charge is 0.255 e. The summed E-state index contributed by atoms with van der Waals surface area (Å²) in [6, 6.07) is 5.50. The van der Waals surface area contributed by atoms with Crippen molar-refractivity contribution in [2.24, 2.45) is 17.8 Å². The summed E-state index contributed by atoms with van der Waals surface area (Å²) in [5, 5.41) is 0. The highest BCUT2D eigenvalue weighted by Crippen LogP contribution is 2.37. The van der Waals surface area contributed by atoms with Gasteiger partial charge in [0.15, 0.2) is 11.6 Å². The summed E-state index contributed by atoms with van der Waals surface area (Å²) in [4.78, 5) is 20.2. The third-order valence-corrected chi connectivity index (χ3v) is 7.79. The van der Waals surface area contributed by atoms with Crippen LogP contribution in [0, 0.1) is 23.6 Å². The van der Waals surface area contributed by atoms with E-state index >= 15 is 0 Å². The van der Waals surface area contributed by atoms with Crippen molar-refractivity contribution in [3.05, 3.63) is 71.5 Å². The first-order valence-electron chi connectivity index (χ1n) is 12.3. The van der Waals surface area contributed by atoms with Crippen molar-refractivity contribution in [3.8, 4) is 5.75 Å². The van der Waals surface area contributed by atoms with Crippen molar-refractivity contribution >= 4 is 11.5 Å². The number of methoxy groups -OCH3 is 1. The maximum absolute atomic E-state index is 14.4. The van der Waals surface area contributed by atoms with Crippen LogP contribution in [-0.2, 0) is 4.79 Å². The predicted octanol–water partition coefficient (Wildman–Crippen LogP) is 4.65. The Bertz CT molecular complexity index is 1090. The van der Waals surface area contributed by atoms with Crippen LogP contribution in [0.1, 0.15) is 32.8 Å². The fourth-order valence-corrected chi connectivity index (χ4v) is 5.69. The van der Waals surface area contributed by atoms with Crippen LogP contribution < -0.4 is 4.74 Å². The third kappa shape index (κ3) is 4.20. The lowest BCUT2D eigenvalue weighted by Crippen LogP contribution is -2.34. The van der Waals surface area contributed by atoms with Crippen LogP contribution in [0.25, 0.3) is 5.57 Å². The minimum Gasteiger partial charge on any atom is -0.494 e. The number of amides is 1. The monoisotopic (exact) mass is 463 g/mol. The fourth-order valence-electron chi connectivity index (χ4n) is 5.69. The highest BCUT2D eigenvalue weighted by molar-refractivity contribution is 5.98. The molecule has 0 spiro atoms. The van der Waals surface area contributed by atoms with E-state index in [0.29, 0.717) is 17.9 Å². The van der Waals surface area contributed by atoms with Gasteiger partial charge in [0.1, 0.15) is 0 Å². The third-order valence-electron chi connectivity index (χ3n) is 7.79. The number of ether oxygens (including phenoxy) is 1. The summed E-state index contributed by atoms with van der Waals surface area (Å²) >= 11 is 0. The van der Waals surface area contributed by atoms with E-state index in [-0.39, 0.29) is 17.6 Å². The van der Waals surface area contributed by atoms with Crippen molar-refractivity contribution in [1.82, 2.24) is 14.7 Å². The second kappa shape index (κ2) is 9.06. The number of likely N-dealkylation sites (tertiary alicyclic amines) is 2. The van der Waals surface area contributed by atoms with Crippen molar-refractivity contribution in [1.29, 1.82) is 0 Å². The Morgan fingerprint density at radius 3 is 2.41 bits per heavy atom. The normalized spacial score (nSPS) is 27.2. The molecule has 0 aliphatic carbocycles. The van der Waals surface area contributed by atoms with Crippen molar-refractivity contribution in [2.45, 2.75) is 33.2 Å². The zero-order chi connectivity index (χ0) is 24.0. The van der Waals surface area contributed by atoms with E-state index in [1.54, 1.807) is 17.0 Å². The molecule has 0 bridgehead atoms. The molecule has 5 nitrogen and oxygen atoms in total. The molecule has 6 heteroatoms. The summed E-state index contributed by atoms with van der Waals surface area (Å²) in [6.07, 6.45) is 10.7. The number of fused-ring (bicyclic) bond motifs is 2. The largest absolute Gasteiger partial charge is 0.494 e. The van der Waals surface area contributed by atoms with Gasteiger partial charge in [-0.05, 0) is 73.4 Å². The highest BCUT2D eigenvalue weighted by Gasteiger charge is 2.41. The summed E-state index contributed by atoms with van der Waals surface area (Å²) in [5.41, 5.74) is 3.56. The van der Waals surface area contributed by atoms with E-state index in [2.05, 4.69) is 48.8 Å². The van der Waals surface area contributed by atoms with E-state index in [9.17, 15) is 9.18 Å². The first-order valence-corrected chi connectivity index (χ1v) is 12.3. The minimum atomic E-state index is -0.419. The zero-order valence-electron chi connectivity index (χ0n) is 20.5. The van der Waals surface area contributed by atoms with Gasteiger partial charge in [-0.15, -0.1) is 0 Å². The van der Waals surface area contributed by atoms with Gasteiger partial charge in [0.05, 0.1) is 12.8 Å². The average Bonchev–Trinajstić information content (AvgIpc) is 3.40. The molecule has 0 N–H and O–H groups in total. The molecule has 1 aromatic carbocycles. The molecule has 180 valence electrons. The number of allylic oxidation sites excluding steroid dienone is 4. The van der Waals surface area contributed by atoms with Gasteiger partial charge in [0.2, 0.25) is 0 Å². The molecule has 34 heavy (non-hydrogen) atoms. The van der Waals surface area contributed by atoms with Crippen LogP contribution in [-0.4, -0.2) is 59.9 Å². The van der Waals surface area contributed by atoms with Gasteiger partial charge >= 0.3 is 0 Å². The zero-order valence-corrected chi connectivity index (χ0v) is 20.5. The molecule has 1 aromatic rings. The lowest BCUT2D eigenvalue weighted by Gasteiger charge is -2.31. The Labute approximate surface area is 201 Å². The molecule has 3 atom stereocenters. The molecule has 1 amide bonds. The summed E-state index contributed by atoms with van der Waals surface area (Å²) in [6.45, 7) is 11.0. The molecular weight excluding hydrogens is 429 g/mol. The Balaban J connectivity index is 1.37. The molecule has 4 heterocycles. The molecule has 0 saturated carbocycles. The maximum atomic E-state index is 14.4. The van der Waals surface area contributed by atoms with Crippen LogP contribution in [0.5, 0.6) is 5.75 Å². The summed E-state index contributed by atoms with van der Waals surface area (Å²) in [7, 11) is 1.45. The van der Waals surface area contributed by atoms with E-state index in [4.69, 9.17) is 4.74 Å². The second-order valence-corrected chi connectivity index (χ2v) is 10.3. The number of hydrogen-bond donors (Lipinski definition) is 0. The lowest BCUT2D eigenvalue weighted by atomic mass is 9.89. The highest BCUT2D eigenvalue weighted by atomic mass is 19.1. The van der Waals surface area contributed by atoms with Crippen LogP contribution >= 0.6 is 0 Å². The van der Waals surface area contributed by atoms with Crippen LogP contribution in [0.4, 0.5) is 4.39 Å². The van der Waals surface area contributed by atoms with Gasteiger partial charge < -0.3 is 14.5 Å². The first-order chi connectivity index (χ1) is 16.3. The predicted molar refractivity (Wildman–Crippen MR) is 132 cm³/mol. The number of carbonyl (C=O) groups excluding carboxylic acids is 1. The number of benzene rings is 1. The topological polar surface area (TPSA) is 36.0 Å². The van der Waals surface area contributed by atoms with Gasteiger partial charge in [0, 0.05) is 50.2 Å². The van der Waals surface area contributed by atoms with E-state index in [1.807, 2.05) is 12.3 Å². The Morgan fingerprint density at radius 2 is 1.76 bits per heavy atom. The Hall–Kier alpha value is -2.86. The van der Waals surface area contributed by atoms with Crippen molar-refractivity contribution < 1.29 is 13.9 Å². The summed E-state index contributed by atoms with van der Waals surface area (Å²) < 4.78 is 19.4. The van der Waals surface area contributed by atoms with Crippen LogP contribution in [0.3, 0.4) is 0 Å². The molecular formula is C28H34FN3O2. The molecule has 0 radical (unpaired) electrons. The molecule has 4 aliphatic heterocycles. The van der Waals surface area contributed by atoms with Crippen LogP contribution in [0.15, 0.2) is 60.1 Å². The van der Waals surface area contributed by atoms with E-state index < -0.39 is 5.82 Å². The number of halogens is 1. The Morgan fingerprint density at radius 1 is 1.06 bits per heavy atom. The van der Waals surface area contributed by atoms with Crippen molar-refractivity contribution in [3.63, 3.8) is 0 Å². The SMILES string of the molecule is COc1ccc(C2=CC(=O)N3C=C(N4CC5CN(C(C)C)CC5C4)C=CC3=CCC2C)cc1F. The fraction of sp³-hybridized carbons (Fsp3) is 0.464. The van der Waals surface area contributed by atoms with Gasteiger partial charge in [-0.1, -0.05) is 19.1 Å². The van der Waals surface area contributed by atoms with E-state index in [0.717, 1.165) is 55.1 Å². The quantitative estimate of drug-likeness (QED) is 0.651. The van der Waals surface area contributed by atoms with Crippen molar-refractivity contribution in [2.75, 3.05) is 33.3 Å². The molecule has 2 fully saturated rings. The van der Waals surface area contributed by atoms with Gasteiger partial charge in [0.25, 0.3) is 5.91 Å². The molecule has 5 rings (SSSR count). The average molecular weight is 464 g/mol. The number of carbonyl (C=O) groups is 1. The molecule has 2 saturated heterocycles. The first kappa shape index (κ1) is 22.9. The lowest BCUT2D eigenvalue weighted by molar-refractivity contribution is -0.122. The second-order valence-electron chi connectivity index (χ2n) is 10.3. The van der Waals surface area contributed by atoms with Gasteiger partial charge in [-0.25, -0.2) is 4.39 Å². The number of nitrogens with zero attached hydrogens (tertiary/aromatic N) is 3. The summed E-state index contributed by atoms with van der Waals surface area (Å²) in [5.74, 6) is 1.15. The molecule has 3 unspecified atom stereocenters. The molecule has 4 aliphatic rings. The Kier molecular flexibility index (Phi) is 6.11. The number of rotatable bonds is 4.